The summed E-state index contributed by atoms with van der Waals surface area (Å²) in [6.45, 7) is 6.00. The molecule has 8 heteroatoms. The van der Waals surface area contributed by atoms with Crippen LogP contribution in [0.2, 0.25) is 0 Å². The fourth-order valence-corrected chi connectivity index (χ4v) is 4.60. The number of rotatable bonds is 6. The first-order valence-electron chi connectivity index (χ1n) is 9.21. The molecule has 5 nitrogen and oxygen atoms in total. The van der Waals surface area contributed by atoms with Crippen LogP contribution < -0.4 is 10.3 Å². The fraction of sp³-hybridized carbons (Fsp3) is 0.286. The number of fused-ring (bicyclic) bond motifs is 1. The number of aromatic nitrogens is 2. The van der Waals surface area contributed by atoms with Crippen molar-refractivity contribution in [2.45, 2.75) is 39.7 Å². The van der Waals surface area contributed by atoms with Gasteiger partial charge in [0, 0.05) is 10.9 Å². The smallest absolute Gasteiger partial charge is 0.282 e. The quantitative estimate of drug-likeness (QED) is 0.319. The molecule has 0 aliphatic carbocycles. The molecule has 0 amide bonds. The molecule has 3 rings (SSSR count). The van der Waals surface area contributed by atoms with Gasteiger partial charge in [0.15, 0.2) is 0 Å². The lowest BCUT2D eigenvalue weighted by Crippen LogP contribution is -2.22. The highest BCUT2D eigenvalue weighted by Crippen LogP contribution is 2.35. The first-order chi connectivity index (χ1) is 13.8. The number of hydrogen-bond donors (Lipinski definition) is 0. The summed E-state index contributed by atoms with van der Waals surface area (Å²) in [7, 11) is 0. The van der Waals surface area contributed by atoms with Gasteiger partial charge in [0.05, 0.1) is 32.2 Å². The zero-order valence-corrected chi connectivity index (χ0v) is 21.0. The van der Waals surface area contributed by atoms with Gasteiger partial charge in [-0.2, -0.15) is 9.78 Å². The van der Waals surface area contributed by atoms with Crippen LogP contribution >= 0.6 is 47.8 Å². The molecular formula is C21H20Br3N3O2. The third-order valence-corrected chi connectivity index (χ3v) is 5.72. The zero-order valence-electron chi connectivity index (χ0n) is 16.2. The monoisotopic (exact) mass is 583 g/mol. The Morgan fingerprint density at radius 2 is 1.86 bits per heavy atom. The summed E-state index contributed by atoms with van der Waals surface area (Å²) < 4.78 is 9.65. The first kappa shape index (κ1) is 22.2. The molecule has 1 heterocycles. The topological polar surface area (TPSA) is 56.5 Å². The Morgan fingerprint density at radius 3 is 2.48 bits per heavy atom. The van der Waals surface area contributed by atoms with Gasteiger partial charge >= 0.3 is 0 Å². The molecule has 0 N–H and O–H groups in total. The van der Waals surface area contributed by atoms with E-state index in [9.17, 15) is 4.79 Å². The molecule has 0 unspecified atom stereocenters. The van der Waals surface area contributed by atoms with Gasteiger partial charge in [0.2, 0.25) is 0 Å². The van der Waals surface area contributed by atoms with Crippen LogP contribution in [0.3, 0.4) is 0 Å². The Morgan fingerprint density at radius 1 is 1.17 bits per heavy atom. The molecule has 0 fully saturated rings. The molecular weight excluding hydrogens is 566 g/mol. The first-order valence-corrected chi connectivity index (χ1v) is 11.6. The van der Waals surface area contributed by atoms with E-state index < -0.39 is 0 Å². The highest BCUT2D eigenvalue weighted by atomic mass is 79.9. The van der Waals surface area contributed by atoms with Crippen LogP contribution in [0.25, 0.3) is 10.9 Å². The van der Waals surface area contributed by atoms with E-state index >= 15 is 0 Å². The number of ether oxygens (including phenoxy) is 1. The SMILES string of the molecule is CCCc1nc2ccc(Br)cc2c(=O)n1N=Cc1cc(Br)c(OC(C)C)c(Br)c1. The predicted molar refractivity (Wildman–Crippen MR) is 128 cm³/mol. The Kier molecular flexibility index (Phi) is 7.29. The van der Waals surface area contributed by atoms with Gasteiger partial charge in [-0.25, -0.2) is 4.98 Å². The van der Waals surface area contributed by atoms with Crippen molar-refractivity contribution in [3.8, 4) is 5.75 Å². The largest absolute Gasteiger partial charge is 0.489 e. The maximum absolute atomic E-state index is 13.1. The van der Waals surface area contributed by atoms with E-state index in [0.29, 0.717) is 23.1 Å². The zero-order chi connectivity index (χ0) is 21.1. The average molecular weight is 586 g/mol. The third kappa shape index (κ3) is 5.16. The summed E-state index contributed by atoms with van der Waals surface area (Å²) in [5, 5.41) is 4.99. The van der Waals surface area contributed by atoms with E-state index in [1.54, 1.807) is 12.3 Å². The van der Waals surface area contributed by atoms with Crippen molar-refractivity contribution in [1.82, 2.24) is 9.66 Å². The minimum atomic E-state index is -0.186. The van der Waals surface area contributed by atoms with E-state index in [-0.39, 0.29) is 11.7 Å². The van der Waals surface area contributed by atoms with Crippen molar-refractivity contribution in [2.24, 2.45) is 5.10 Å². The van der Waals surface area contributed by atoms with Gasteiger partial charge in [-0.05, 0) is 88.0 Å². The second-order valence-corrected chi connectivity index (χ2v) is 9.41. The molecule has 0 aliphatic rings. The number of benzene rings is 2. The van der Waals surface area contributed by atoms with Crippen molar-refractivity contribution in [3.05, 3.63) is 65.5 Å². The number of nitrogens with zero attached hydrogens (tertiary/aromatic N) is 3. The van der Waals surface area contributed by atoms with E-state index in [1.807, 2.05) is 45.0 Å². The van der Waals surface area contributed by atoms with Crippen LogP contribution in [0.4, 0.5) is 0 Å². The summed E-state index contributed by atoms with van der Waals surface area (Å²) in [5.74, 6) is 1.37. The van der Waals surface area contributed by atoms with E-state index in [4.69, 9.17) is 4.74 Å². The number of aryl methyl sites for hydroxylation is 1. The van der Waals surface area contributed by atoms with Crippen LogP contribution in [0, 0.1) is 0 Å². The standard InChI is InChI=1S/C21H20Br3N3O2/c1-4-5-19-26-18-7-6-14(22)10-15(18)21(28)27(19)25-11-13-8-16(23)20(17(24)9-13)29-12(2)3/h6-12H,4-5H2,1-3H3. The number of hydrogen-bond acceptors (Lipinski definition) is 4. The molecule has 0 atom stereocenters. The van der Waals surface area contributed by atoms with Crippen LogP contribution in [-0.2, 0) is 6.42 Å². The van der Waals surface area contributed by atoms with Crippen LogP contribution in [0.5, 0.6) is 5.75 Å². The average Bonchev–Trinajstić information content (AvgIpc) is 2.65. The Labute approximate surface area is 194 Å². The maximum atomic E-state index is 13.1. The lowest BCUT2D eigenvalue weighted by molar-refractivity contribution is 0.239. The van der Waals surface area contributed by atoms with Gasteiger partial charge in [0.25, 0.3) is 5.56 Å². The maximum Gasteiger partial charge on any atom is 0.282 e. The molecule has 0 aliphatic heterocycles. The van der Waals surface area contributed by atoms with Gasteiger partial charge in [-0.1, -0.05) is 22.9 Å². The van der Waals surface area contributed by atoms with E-state index in [1.165, 1.54) is 4.68 Å². The van der Waals surface area contributed by atoms with Gasteiger partial charge in [-0.15, -0.1) is 0 Å². The molecule has 29 heavy (non-hydrogen) atoms. The lowest BCUT2D eigenvalue weighted by atomic mass is 10.2. The van der Waals surface area contributed by atoms with Crippen LogP contribution in [0.1, 0.15) is 38.6 Å². The van der Waals surface area contributed by atoms with Crippen molar-refractivity contribution in [3.63, 3.8) is 0 Å². The van der Waals surface area contributed by atoms with E-state index in [2.05, 4.69) is 57.9 Å². The highest BCUT2D eigenvalue weighted by molar-refractivity contribution is 9.11. The molecule has 0 saturated carbocycles. The molecule has 0 bridgehead atoms. The van der Waals surface area contributed by atoms with Crippen molar-refractivity contribution >= 4 is 64.9 Å². The summed E-state index contributed by atoms with van der Waals surface area (Å²) in [6, 6.07) is 9.31. The minimum Gasteiger partial charge on any atom is -0.489 e. The summed E-state index contributed by atoms with van der Waals surface area (Å²) in [4.78, 5) is 17.7. The van der Waals surface area contributed by atoms with Crippen molar-refractivity contribution in [2.75, 3.05) is 0 Å². The van der Waals surface area contributed by atoms with Crippen molar-refractivity contribution in [1.29, 1.82) is 0 Å². The number of halogens is 3. The van der Waals surface area contributed by atoms with Gasteiger partial charge < -0.3 is 4.74 Å². The predicted octanol–water partition coefficient (Wildman–Crippen LogP) is 6.31. The highest BCUT2D eigenvalue weighted by Gasteiger charge is 2.12. The Balaban J connectivity index is 2.07. The minimum absolute atomic E-state index is 0.0558. The van der Waals surface area contributed by atoms with Gasteiger partial charge in [-0.3, -0.25) is 4.79 Å². The molecule has 0 saturated heterocycles. The third-order valence-electron chi connectivity index (χ3n) is 4.05. The van der Waals surface area contributed by atoms with E-state index in [0.717, 1.165) is 31.2 Å². The molecule has 1 aromatic heterocycles. The summed E-state index contributed by atoms with van der Waals surface area (Å²) in [5.41, 5.74) is 1.31. The van der Waals surface area contributed by atoms with Gasteiger partial charge in [0.1, 0.15) is 11.6 Å². The lowest BCUT2D eigenvalue weighted by Gasteiger charge is -2.14. The second kappa shape index (κ2) is 9.53. The fourth-order valence-electron chi connectivity index (χ4n) is 2.83. The molecule has 2 aromatic carbocycles. The molecule has 152 valence electrons. The second-order valence-electron chi connectivity index (χ2n) is 6.78. The van der Waals surface area contributed by atoms with Crippen LogP contribution in [-0.4, -0.2) is 22.0 Å². The van der Waals surface area contributed by atoms with Crippen molar-refractivity contribution < 1.29 is 4.74 Å². The Bertz CT molecular complexity index is 1120. The molecule has 3 aromatic rings. The Hall–Kier alpha value is -1.51. The summed E-state index contributed by atoms with van der Waals surface area (Å²) in [6.07, 6.45) is 3.23. The molecule has 0 radical (unpaired) electrons. The van der Waals surface area contributed by atoms with Crippen LogP contribution in [0.15, 0.2) is 53.6 Å². The molecule has 0 spiro atoms. The normalized spacial score (nSPS) is 11.7. The summed E-state index contributed by atoms with van der Waals surface area (Å²) >= 11 is 10.5.